The molecule has 3 fully saturated rings. The van der Waals surface area contributed by atoms with Crippen LogP contribution in [0.4, 0.5) is 22.0 Å². The van der Waals surface area contributed by atoms with Crippen LogP contribution in [0.1, 0.15) is 45.1 Å². The normalized spacial score (nSPS) is 40.4. The number of hydrogen-bond donors (Lipinski definition) is 1. The van der Waals surface area contributed by atoms with Gasteiger partial charge in [-0.1, -0.05) is 13.0 Å². The zero-order chi connectivity index (χ0) is 29.3. The second-order valence-electron chi connectivity index (χ2n) is 12.5. The van der Waals surface area contributed by atoms with E-state index in [9.17, 15) is 27.9 Å². The summed E-state index contributed by atoms with van der Waals surface area (Å²) in [6.07, 6.45) is 0.413. The summed E-state index contributed by atoms with van der Waals surface area (Å²) in [7, 11) is 1.64. The van der Waals surface area contributed by atoms with Crippen molar-refractivity contribution in [1.29, 1.82) is 0 Å². The Morgan fingerprint density at radius 1 is 1.18 bits per heavy atom. The molecule has 1 N–H and O–H groups in total. The van der Waals surface area contributed by atoms with E-state index >= 15 is 8.78 Å². The molecule has 40 heavy (non-hydrogen) atoms. The third kappa shape index (κ3) is 4.00. The van der Waals surface area contributed by atoms with Gasteiger partial charge in [0.15, 0.2) is 11.5 Å². The number of benzene rings is 1. The number of aliphatic hydroxyl groups excluding tert-OH is 1. The number of allylic oxidation sites excluding steroid dienone is 4. The Morgan fingerprint density at radius 2 is 1.85 bits per heavy atom. The van der Waals surface area contributed by atoms with E-state index in [0.717, 1.165) is 12.1 Å². The van der Waals surface area contributed by atoms with E-state index in [1.807, 2.05) is 0 Å². The number of alkyl halides is 3. The van der Waals surface area contributed by atoms with Gasteiger partial charge in [-0.25, -0.2) is 22.0 Å². The lowest BCUT2D eigenvalue weighted by atomic mass is 9.43. The number of halogens is 5. The lowest BCUT2D eigenvalue weighted by Gasteiger charge is -2.63. The van der Waals surface area contributed by atoms with Crippen LogP contribution in [0.3, 0.4) is 0 Å². The summed E-state index contributed by atoms with van der Waals surface area (Å²) in [6.45, 7) is 1.89. The van der Waals surface area contributed by atoms with Gasteiger partial charge in [-0.3, -0.25) is 9.59 Å². The molecule has 1 aromatic carbocycles. The van der Waals surface area contributed by atoms with Gasteiger partial charge >= 0.3 is 5.97 Å². The summed E-state index contributed by atoms with van der Waals surface area (Å²) in [5.41, 5.74) is -6.08. The molecular weight excluding hydrogens is 533 g/mol. The molecule has 4 aliphatic carbocycles. The van der Waals surface area contributed by atoms with E-state index < -0.39 is 76.3 Å². The highest BCUT2D eigenvalue weighted by molar-refractivity contribution is 6.01. The molecule has 0 heterocycles. The van der Waals surface area contributed by atoms with Gasteiger partial charge in [0.1, 0.15) is 17.8 Å². The van der Waals surface area contributed by atoms with Gasteiger partial charge in [-0.2, -0.15) is 0 Å². The van der Waals surface area contributed by atoms with Gasteiger partial charge in [0, 0.05) is 30.5 Å². The molecule has 0 bridgehead atoms. The van der Waals surface area contributed by atoms with E-state index in [0.29, 0.717) is 12.0 Å². The van der Waals surface area contributed by atoms with Crippen molar-refractivity contribution in [3.05, 3.63) is 59.2 Å². The van der Waals surface area contributed by atoms with E-state index in [4.69, 9.17) is 4.74 Å². The maximum absolute atomic E-state index is 17.4. The van der Waals surface area contributed by atoms with Crippen LogP contribution in [0.25, 0.3) is 0 Å². The molecule has 5 nitrogen and oxygen atoms in total. The lowest BCUT2D eigenvalue weighted by Crippen LogP contribution is -2.69. The first-order valence-corrected chi connectivity index (χ1v) is 13.5. The molecule has 0 aromatic heterocycles. The molecule has 1 aromatic rings. The zero-order valence-corrected chi connectivity index (χ0v) is 22.7. The quantitative estimate of drug-likeness (QED) is 0.380. The Morgan fingerprint density at radius 3 is 2.50 bits per heavy atom. The number of ether oxygens (including phenoxy) is 1. The Kier molecular flexibility index (Phi) is 7.05. The highest BCUT2D eigenvalue weighted by atomic mass is 19.2. The lowest BCUT2D eigenvalue weighted by molar-refractivity contribution is -0.219. The number of rotatable bonds is 6. The fraction of sp³-hybridized carbons (Fsp3) is 0.600. The molecule has 0 radical (unpaired) electrons. The van der Waals surface area contributed by atoms with Gasteiger partial charge in [-0.15, -0.1) is 0 Å². The monoisotopic (exact) mass is 567 g/mol. The maximum Gasteiger partial charge on any atom is 0.316 e. The molecular formula is C30H34F5NO4. The second-order valence-corrected chi connectivity index (χ2v) is 12.5. The van der Waals surface area contributed by atoms with Crippen LogP contribution in [0, 0.1) is 39.7 Å². The summed E-state index contributed by atoms with van der Waals surface area (Å²) in [6, 6.07) is 3.09. The molecule has 3 saturated carbocycles. The number of fused-ring (bicyclic) bond motifs is 5. The number of aliphatic hydroxyl groups is 1. The Labute approximate surface area is 230 Å². The van der Waals surface area contributed by atoms with Crippen LogP contribution in [0.15, 0.2) is 42.0 Å². The smallest absolute Gasteiger partial charge is 0.316 e. The fourth-order valence-electron chi connectivity index (χ4n) is 8.70. The molecule has 5 rings (SSSR count). The largest absolute Gasteiger partial charge is 0.433 e. The van der Waals surface area contributed by atoms with Gasteiger partial charge in [0.25, 0.3) is 0 Å². The first kappa shape index (κ1) is 28.9. The molecule has 4 aliphatic rings. The Bertz CT molecular complexity index is 1270. The molecule has 0 unspecified atom stereocenters. The molecule has 0 amide bonds. The van der Waals surface area contributed by atoms with Crippen molar-refractivity contribution in [2.75, 3.05) is 20.5 Å². The van der Waals surface area contributed by atoms with Crippen molar-refractivity contribution in [2.24, 2.45) is 28.1 Å². The van der Waals surface area contributed by atoms with Gasteiger partial charge in [0.05, 0.1) is 11.5 Å². The van der Waals surface area contributed by atoms with Crippen molar-refractivity contribution >= 4 is 11.8 Å². The van der Waals surface area contributed by atoms with Gasteiger partial charge in [0.2, 0.25) is 6.86 Å². The van der Waals surface area contributed by atoms with Crippen molar-refractivity contribution in [3.63, 3.8) is 0 Å². The molecule has 0 saturated heterocycles. The van der Waals surface area contributed by atoms with Gasteiger partial charge < -0.3 is 14.7 Å². The van der Waals surface area contributed by atoms with Crippen molar-refractivity contribution < 1.29 is 41.4 Å². The van der Waals surface area contributed by atoms with Crippen LogP contribution in [-0.2, 0) is 20.9 Å². The van der Waals surface area contributed by atoms with E-state index in [1.54, 1.807) is 18.9 Å². The third-order valence-electron chi connectivity index (χ3n) is 10.5. The summed E-state index contributed by atoms with van der Waals surface area (Å²) >= 11 is 0. The predicted octanol–water partition coefficient (Wildman–Crippen LogP) is 5.17. The number of carbonyl (C=O) groups is 2. The molecule has 10 heteroatoms. The minimum atomic E-state index is -2.31. The first-order valence-electron chi connectivity index (χ1n) is 13.5. The minimum absolute atomic E-state index is 0.00422. The van der Waals surface area contributed by atoms with Crippen molar-refractivity contribution in [2.45, 2.75) is 64.0 Å². The van der Waals surface area contributed by atoms with Crippen LogP contribution < -0.4 is 0 Å². The average molecular weight is 568 g/mol. The number of ketones is 1. The number of hydrogen-bond acceptors (Lipinski definition) is 5. The van der Waals surface area contributed by atoms with E-state index in [-0.39, 0.29) is 37.9 Å². The molecule has 8 atom stereocenters. The topological polar surface area (TPSA) is 66.8 Å². The standard InChI is InChI=1S/C30H34F5NO4/c1-27-6-4-20(37)11-23(27)24(34)12-22-21-5-7-29(26(39)40-16-31,28(21,2)13-25(38)30(22,27)35)15-36(3)14-17-8-18(32)10-19(33)9-17/h4,6,8-11,21-22,24-25,38H,5,7,12-16H2,1-3H3/t21-,22-,24-,25-,27-,28-,29-,30-/m0/s1. The summed E-state index contributed by atoms with van der Waals surface area (Å²) in [4.78, 5) is 27.2. The Hall–Kier alpha value is -2.59. The second kappa shape index (κ2) is 9.76. The summed E-state index contributed by atoms with van der Waals surface area (Å²) in [5, 5.41) is 11.5. The number of esters is 1. The van der Waals surface area contributed by atoms with Crippen LogP contribution >= 0.6 is 0 Å². The Balaban J connectivity index is 1.53. The van der Waals surface area contributed by atoms with Crippen LogP contribution in [0.5, 0.6) is 0 Å². The number of carbonyl (C=O) groups excluding carboxylic acids is 2. The van der Waals surface area contributed by atoms with E-state index in [1.165, 1.54) is 31.2 Å². The molecule has 0 aliphatic heterocycles. The zero-order valence-electron chi connectivity index (χ0n) is 22.7. The van der Waals surface area contributed by atoms with Crippen LogP contribution in [-0.4, -0.2) is 60.2 Å². The number of nitrogens with zero attached hydrogens (tertiary/aromatic N) is 1. The van der Waals surface area contributed by atoms with Crippen LogP contribution in [0.2, 0.25) is 0 Å². The summed E-state index contributed by atoms with van der Waals surface area (Å²) < 4.78 is 79.0. The fourth-order valence-corrected chi connectivity index (χ4v) is 8.70. The third-order valence-corrected chi connectivity index (χ3v) is 10.5. The average Bonchev–Trinajstić information content (AvgIpc) is 3.14. The first-order chi connectivity index (χ1) is 18.7. The highest BCUT2D eigenvalue weighted by Crippen LogP contribution is 2.72. The van der Waals surface area contributed by atoms with Gasteiger partial charge in [-0.05, 0) is 86.4 Å². The summed E-state index contributed by atoms with van der Waals surface area (Å²) in [5.74, 6) is -4.37. The SMILES string of the molecule is CN(Cc1cc(F)cc(F)c1)C[C@]1(C(=O)OCF)CC[C@H]2[C@@H]3C[C@H](F)C4=CC(=O)C=C[C@]4(C)[C@@]3(F)[C@@H](O)C[C@@]21C. The maximum atomic E-state index is 17.4. The molecule has 218 valence electrons. The minimum Gasteiger partial charge on any atom is -0.433 e. The predicted molar refractivity (Wildman–Crippen MR) is 136 cm³/mol. The van der Waals surface area contributed by atoms with Crippen molar-refractivity contribution in [3.8, 4) is 0 Å². The molecule has 0 spiro atoms. The van der Waals surface area contributed by atoms with Crippen molar-refractivity contribution in [1.82, 2.24) is 4.90 Å². The highest BCUT2D eigenvalue weighted by Gasteiger charge is 2.75. The van der Waals surface area contributed by atoms with E-state index in [2.05, 4.69) is 0 Å².